The standard InChI is InChI=1S/C13H19N3O2S/c1-2-5-9-8-11(17)16-13(15-9)19-10-6-3-4-7-14-12(10)18/h8,10H,2-7H2,1H3,(H,14,18)(H,15,16,17)/t10-/m0/s1. The quantitative estimate of drug-likeness (QED) is 0.820. The van der Waals surface area contributed by atoms with Crippen molar-refractivity contribution < 1.29 is 4.79 Å². The summed E-state index contributed by atoms with van der Waals surface area (Å²) in [5.74, 6) is 0.0473. The average molecular weight is 281 g/mol. The molecule has 1 atom stereocenters. The summed E-state index contributed by atoms with van der Waals surface area (Å²) in [5, 5.41) is 3.29. The normalized spacial score (nSPS) is 19.8. The topological polar surface area (TPSA) is 74.8 Å². The summed E-state index contributed by atoms with van der Waals surface area (Å²) in [7, 11) is 0. The summed E-state index contributed by atoms with van der Waals surface area (Å²) in [5.41, 5.74) is 0.651. The van der Waals surface area contributed by atoms with Crippen LogP contribution in [0.5, 0.6) is 0 Å². The monoisotopic (exact) mass is 281 g/mol. The molecule has 0 radical (unpaired) electrons. The fourth-order valence-electron chi connectivity index (χ4n) is 2.08. The first-order chi connectivity index (χ1) is 9.19. The van der Waals surface area contributed by atoms with Crippen molar-refractivity contribution in [3.05, 3.63) is 22.1 Å². The second-order valence-corrected chi connectivity index (χ2v) is 5.88. The maximum atomic E-state index is 11.9. The number of carbonyl (C=O) groups is 1. The van der Waals surface area contributed by atoms with Gasteiger partial charge in [0, 0.05) is 18.3 Å². The predicted molar refractivity (Wildman–Crippen MR) is 75.4 cm³/mol. The lowest BCUT2D eigenvalue weighted by molar-refractivity contribution is -0.120. The Labute approximate surface area is 116 Å². The number of aromatic amines is 1. The zero-order valence-corrected chi connectivity index (χ0v) is 11.9. The number of thioether (sulfide) groups is 1. The van der Waals surface area contributed by atoms with E-state index in [9.17, 15) is 9.59 Å². The lowest BCUT2D eigenvalue weighted by Gasteiger charge is -2.12. The third-order valence-electron chi connectivity index (χ3n) is 3.02. The molecule has 0 bridgehead atoms. The molecular weight excluding hydrogens is 262 g/mol. The van der Waals surface area contributed by atoms with Crippen molar-refractivity contribution in [3.63, 3.8) is 0 Å². The number of rotatable bonds is 4. The molecule has 0 spiro atoms. The molecule has 1 saturated heterocycles. The van der Waals surface area contributed by atoms with Crippen LogP contribution in [0.2, 0.25) is 0 Å². The SMILES string of the molecule is CCCc1cc(=O)[nH]c(S[C@H]2CCCCNC2=O)n1. The number of nitrogens with zero attached hydrogens (tertiary/aromatic N) is 1. The molecule has 1 aromatic heterocycles. The molecule has 2 rings (SSSR count). The van der Waals surface area contributed by atoms with Crippen molar-refractivity contribution in [2.45, 2.75) is 49.4 Å². The fraction of sp³-hybridized carbons (Fsp3) is 0.615. The highest BCUT2D eigenvalue weighted by Crippen LogP contribution is 2.24. The molecule has 0 saturated carbocycles. The molecular formula is C13H19N3O2S. The molecule has 19 heavy (non-hydrogen) atoms. The largest absolute Gasteiger partial charge is 0.355 e. The van der Waals surface area contributed by atoms with Crippen LogP contribution in [-0.2, 0) is 11.2 Å². The molecule has 1 amide bonds. The predicted octanol–water partition coefficient (Wildman–Crippen LogP) is 1.48. The Kier molecular flexibility index (Phi) is 5.01. The summed E-state index contributed by atoms with van der Waals surface area (Å²) in [6.45, 7) is 2.80. The number of aryl methyl sites for hydroxylation is 1. The highest BCUT2D eigenvalue weighted by atomic mass is 32.2. The van der Waals surface area contributed by atoms with Crippen molar-refractivity contribution >= 4 is 17.7 Å². The van der Waals surface area contributed by atoms with Crippen molar-refractivity contribution in [1.29, 1.82) is 0 Å². The van der Waals surface area contributed by atoms with E-state index in [1.165, 1.54) is 17.8 Å². The van der Waals surface area contributed by atoms with Crippen molar-refractivity contribution in [1.82, 2.24) is 15.3 Å². The van der Waals surface area contributed by atoms with Crippen LogP contribution in [0.15, 0.2) is 16.0 Å². The van der Waals surface area contributed by atoms with E-state index in [1.807, 2.05) is 0 Å². The van der Waals surface area contributed by atoms with Gasteiger partial charge in [-0.25, -0.2) is 4.98 Å². The maximum absolute atomic E-state index is 11.9. The van der Waals surface area contributed by atoms with Gasteiger partial charge in [-0.2, -0.15) is 0 Å². The number of aromatic nitrogens is 2. The van der Waals surface area contributed by atoms with Gasteiger partial charge in [0.25, 0.3) is 5.56 Å². The minimum Gasteiger partial charge on any atom is -0.355 e. The first-order valence-electron chi connectivity index (χ1n) is 6.73. The van der Waals surface area contributed by atoms with Gasteiger partial charge in [-0.1, -0.05) is 31.5 Å². The Bertz CT molecular complexity index is 501. The molecule has 2 N–H and O–H groups in total. The maximum Gasteiger partial charge on any atom is 0.251 e. The molecule has 0 aliphatic carbocycles. The lowest BCUT2D eigenvalue weighted by Crippen LogP contribution is -2.31. The zero-order valence-electron chi connectivity index (χ0n) is 11.1. The molecule has 5 nitrogen and oxygen atoms in total. The molecule has 1 aliphatic heterocycles. The lowest BCUT2D eigenvalue weighted by atomic mass is 10.2. The van der Waals surface area contributed by atoms with E-state index in [4.69, 9.17) is 0 Å². The van der Waals surface area contributed by atoms with Gasteiger partial charge in [0.1, 0.15) is 0 Å². The van der Waals surface area contributed by atoms with Crippen LogP contribution in [0, 0.1) is 0 Å². The fourth-order valence-corrected chi connectivity index (χ4v) is 3.16. The summed E-state index contributed by atoms with van der Waals surface area (Å²) in [6.07, 6.45) is 4.61. The van der Waals surface area contributed by atoms with Gasteiger partial charge in [0.2, 0.25) is 5.91 Å². The van der Waals surface area contributed by atoms with E-state index < -0.39 is 0 Å². The van der Waals surface area contributed by atoms with Gasteiger partial charge in [-0.15, -0.1) is 0 Å². The highest BCUT2D eigenvalue weighted by Gasteiger charge is 2.22. The molecule has 6 heteroatoms. The van der Waals surface area contributed by atoms with Gasteiger partial charge < -0.3 is 10.3 Å². The second-order valence-electron chi connectivity index (χ2n) is 4.69. The molecule has 104 valence electrons. The van der Waals surface area contributed by atoms with E-state index in [1.54, 1.807) is 0 Å². The smallest absolute Gasteiger partial charge is 0.251 e. The Morgan fingerprint density at radius 2 is 2.26 bits per heavy atom. The van der Waals surface area contributed by atoms with Gasteiger partial charge in [0.15, 0.2) is 5.16 Å². The summed E-state index contributed by atoms with van der Waals surface area (Å²) in [6, 6.07) is 1.53. The van der Waals surface area contributed by atoms with Crippen LogP contribution < -0.4 is 10.9 Å². The number of carbonyl (C=O) groups excluding carboxylic acids is 1. The minimum atomic E-state index is -0.150. The average Bonchev–Trinajstić information content (AvgIpc) is 2.55. The van der Waals surface area contributed by atoms with E-state index in [0.29, 0.717) is 5.16 Å². The summed E-state index contributed by atoms with van der Waals surface area (Å²) >= 11 is 1.36. The van der Waals surface area contributed by atoms with Gasteiger partial charge in [-0.05, 0) is 19.3 Å². The second kappa shape index (κ2) is 6.75. The molecule has 1 aromatic rings. The Balaban J connectivity index is 2.12. The number of H-pyrrole nitrogens is 1. The minimum absolute atomic E-state index is 0.0473. The van der Waals surface area contributed by atoms with E-state index >= 15 is 0 Å². The van der Waals surface area contributed by atoms with E-state index in [2.05, 4.69) is 22.2 Å². The number of hydrogen-bond acceptors (Lipinski definition) is 4. The number of amides is 1. The number of nitrogens with one attached hydrogen (secondary N) is 2. The molecule has 1 fully saturated rings. The molecule has 2 heterocycles. The van der Waals surface area contributed by atoms with Crippen LogP contribution in [0.4, 0.5) is 0 Å². The van der Waals surface area contributed by atoms with E-state index in [-0.39, 0.29) is 16.7 Å². The van der Waals surface area contributed by atoms with Crippen LogP contribution >= 0.6 is 11.8 Å². The zero-order chi connectivity index (χ0) is 13.7. The summed E-state index contributed by atoms with van der Waals surface area (Å²) < 4.78 is 0. The van der Waals surface area contributed by atoms with Gasteiger partial charge in [-0.3, -0.25) is 9.59 Å². The Hall–Kier alpha value is -1.30. The van der Waals surface area contributed by atoms with Crippen LogP contribution in [0.25, 0.3) is 0 Å². The van der Waals surface area contributed by atoms with Crippen LogP contribution in [0.1, 0.15) is 38.3 Å². The van der Waals surface area contributed by atoms with Gasteiger partial charge >= 0.3 is 0 Å². The Morgan fingerprint density at radius 3 is 3.05 bits per heavy atom. The Morgan fingerprint density at radius 1 is 1.42 bits per heavy atom. The first-order valence-corrected chi connectivity index (χ1v) is 7.61. The van der Waals surface area contributed by atoms with Crippen LogP contribution in [0.3, 0.4) is 0 Å². The number of hydrogen-bond donors (Lipinski definition) is 2. The third-order valence-corrected chi connectivity index (χ3v) is 4.17. The van der Waals surface area contributed by atoms with Crippen molar-refractivity contribution in [2.24, 2.45) is 0 Å². The molecule has 0 unspecified atom stereocenters. The highest BCUT2D eigenvalue weighted by molar-refractivity contribution is 8.00. The molecule has 1 aliphatic rings. The summed E-state index contributed by atoms with van der Waals surface area (Å²) in [4.78, 5) is 30.6. The first kappa shape index (κ1) is 14.1. The third kappa shape index (κ3) is 4.09. The van der Waals surface area contributed by atoms with Crippen molar-refractivity contribution in [3.8, 4) is 0 Å². The molecule has 0 aromatic carbocycles. The van der Waals surface area contributed by atoms with Crippen LogP contribution in [-0.4, -0.2) is 27.7 Å². The van der Waals surface area contributed by atoms with Crippen molar-refractivity contribution in [2.75, 3.05) is 6.54 Å². The van der Waals surface area contributed by atoms with Gasteiger partial charge in [0.05, 0.1) is 5.25 Å². The van der Waals surface area contributed by atoms with E-state index in [0.717, 1.165) is 44.3 Å².